The minimum atomic E-state index is -0.429. The summed E-state index contributed by atoms with van der Waals surface area (Å²) in [7, 11) is 3.45. The maximum atomic E-state index is 13.4. The van der Waals surface area contributed by atoms with Crippen molar-refractivity contribution in [3.05, 3.63) is 48.0 Å². The molecule has 3 atom stereocenters. The molecular weight excluding hydrogens is 358 g/mol. The van der Waals surface area contributed by atoms with Crippen molar-refractivity contribution >= 4 is 17.5 Å². The largest absolute Gasteiger partial charge is 0.495 e. The van der Waals surface area contributed by atoms with Crippen LogP contribution in [0, 0.1) is 12.8 Å². The van der Waals surface area contributed by atoms with E-state index in [1.165, 1.54) is 6.33 Å². The number of hydrogen-bond donors (Lipinski definition) is 2. The maximum Gasteiger partial charge on any atom is 0.232 e. The van der Waals surface area contributed by atoms with Crippen LogP contribution in [0.4, 0.5) is 11.6 Å². The van der Waals surface area contributed by atoms with Crippen LogP contribution in [0.1, 0.15) is 24.2 Å². The highest BCUT2D eigenvalue weighted by atomic mass is 16.5. The summed E-state index contributed by atoms with van der Waals surface area (Å²) in [5.41, 5.74) is 2.44. The summed E-state index contributed by atoms with van der Waals surface area (Å²) < 4.78 is 8.88. The third-order valence-electron chi connectivity index (χ3n) is 5.11. The van der Waals surface area contributed by atoms with Crippen LogP contribution in [0.2, 0.25) is 0 Å². The summed E-state index contributed by atoms with van der Waals surface area (Å²) >= 11 is 0. The van der Waals surface area contributed by atoms with Crippen LogP contribution < -0.4 is 15.4 Å². The van der Waals surface area contributed by atoms with E-state index in [0.717, 1.165) is 11.3 Å². The van der Waals surface area contributed by atoms with Crippen molar-refractivity contribution in [3.8, 4) is 5.75 Å². The Hall–Kier alpha value is -3.36. The zero-order valence-electron chi connectivity index (χ0n) is 16.2. The molecule has 0 radical (unpaired) electrons. The fourth-order valence-electron chi connectivity index (χ4n) is 3.84. The first-order chi connectivity index (χ1) is 13.5. The first kappa shape index (κ1) is 18.0. The molecule has 146 valence electrons. The molecule has 2 aromatic heterocycles. The zero-order valence-corrected chi connectivity index (χ0v) is 16.2. The molecular formula is C19H23N7O2. The SMILES string of the molecule is COc1ccccc1NC(=O)[C@@H]1[C@H](C)Nc2ncnn2[C@H]1c1cn(C)nc1C. The standard InChI is InChI=1S/C19H23N7O2/c1-11-13(9-25(3)24-11)17-16(12(2)22-19-20-10-21-26(17)19)18(27)23-14-7-5-6-8-15(14)28-4/h5-10,12,16-17H,1-4H3,(H,23,27)(H,20,21,22)/t12-,16+,17-/m0/s1. The Morgan fingerprint density at radius 1 is 1.32 bits per heavy atom. The van der Waals surface area contributed by atoms with Gasteiger partial charge in [-0.15, -0.1) is 0 Å². The average molecular weight is 381 g/mol. The minimum Gasteiger partial charge on any atom is -0.495 e. The molecule has 0 aliphatic carbocycles. The Kier molecular flexibility index (Phi) is 4.50. The Bertz CT molecular complexity index is 1010. The quantitative estimate of drug-likeness (QED) is 0.717. The molecule has 28 heavy (non-hydrogen) atoms. The molecule has 9 nitrogen and oxygen atoms in total. The highest BCUT2D eigenvalue weighted by Crippen LogP contribution is 2.38. The lowest BCUT2D eigenvalue weighted by molar-refractivity contribution is -0.121. The number of nitrogens with one attached hydrogen (secondary N) is 2. The smallest absolute Gasteiger partial charge is 0.232 e. The minimum absolute atomic E-state index is 0.126. The lowest BCUT2D eigenvalue weighted by atomic mass is 9.85. The van der Waals surface area contributed by atoms with Crippen molar-refractivity contribution in [2.45, 2.75) is 25.9 Å². The van der Waals surface area contributed by atoms with Gasteiger partial charge >= 0.3 is 0 Å². The Morgan fingerprint density at radius 3 is 2.82 bits per heavy atom. The van der Waals surface area contributed by atoms with E-state index >= 15 is 0 Å². The number of amides is 1. The van der Waals surface area contributed by atoms with E-state index in [1.54, 1.807) is 16.5 Å². The number of fused-ring (bicyclic) bond motifs is 1. The van der Waals surface area contributed by atoms with Gasteiger partial charge in [-0.2, -0.15) is 15.2 Å². The summed E-state index contributed by atoms with van der Waals surface area (Å²) in [6.07, 6.45) is 3.43. The van der Waals surface area contributed by atoms with Crippen molar-refractivity contribution in [1.29, 1.82) is 0 Å². The second-order valence-corrected chi connectivity index (χ2v) is 6.96. The molecule has 0 saturated carbocycles. The van der Waals surface area contributed by atoms with Gasteiger partial charge in [0.25, 0.3) is 0 Å². The number of rotatable bonds is 4. The van der Waals surface area contributed by atoms with Gasteiger partial charge in [0.15, 0.2) is 0 Å². The molecule has 0 fully saturated rings. The number of anilines is 2. The van der Waals surface area contributed by atoms with Crippen LogP contribution in [0.5, 0.6) is 5.75 Å². The molecule has 0 spiro atoms. The van der Waals surface area contributed by atoms with Crippen LogP contribution in [0.3, 0.4) is 0 Å². The Labute approximate surface area is 162 Å². The molecule has 3 heterocycles. The maximum absolute atomic E-state index is 13.4. The number of aryl methyl sites for hydroxylation is 2. The summed E-state index contributed by atoms with van der Waals surface area (Å²) in [5.74, 6) is 0.700. The van der Waals surface area contributed by atoms with Gasteiger partial charge in [0.2, 0.25) is 11.9 Å². The van der Waals surface area contributed by atoms with E-state index in [-0.39, 0.29) is 18.0 Å². The second-order valence-electron chi connectivity index (χ2n) is 6.96. The van der Waals surface area contributed by atoms with E-state index in [1.807, 2.05) is 51.4 Å². The molecule has 1 aliphatic heterocycles. The number of methoxy groups -OCH3 is 1. The summed E-state index contributed by atoms with van der Waals surface area (Å²) in [4.78, 5) is 17.7. The molecule has 3 aromatic rings. The number of benzene rings is 1. The van der Waals surface area contributed by atoms with Gasteiger partial charge in [-0.1, -0.05) is 12.1 Å². The van der Waals surface area contributed by atoms with E-state index in [9.17, 15) is 4.79 Å². The normalized spacial score (nSPS) is 20.9. The van der Waals surface area contributed by atoms with Crippen LogP contribution >= 0.6 is 0 Å². The number of carbonyl (C=O) groups excluding carboxylic acids is 1. The third kappa shape index (κ3) is 2.98. The van der Waals surface area contributed by atoms with Crippen molar-refractivity contribution in [2.24, 2.45) is 13.0 Å². The fourth-order valence-corrected chi connectivity index (χ4v) is 3.84. The lowest BCUT2D eigenvalue weighted by Gasteiger charge is -2.36. The van der Waals surface area contributed by atoms with Gasteiger partial charge in [0.05, 0.1) is 30.5 Å². The van der Waals surface area contributed by atoms with Gasteiger partial charge in [-0.05, 0) is 26.0 Å². The van der Waals surface area contributed by atoms with E-state index < -0.39 is 5.92 Å². The first-order valence-electron chi connectivity index (χ1n) is 9.09. The highest BCUT2D eigenvalue weighted by molar-refractivity contribution is 5.95. The van der Waals surface area contributed by atoms with Crippen molar-refractivity contribution < 1.29 is 9.53 Å². The Balaban J connectivity index is 1.75. The number of para-hydroxylation sites is 2. The van der Waals surface area contributed by atoms with Crippen LogP contribution in [0.15, 0.2) is 36.8 Å². The van der Waals surface area contributed by atoms with Gasteiger partial charge in [0, 0.05) is 24.8 Å². The molecule has 0 bridgehead atoms. The average Bonchev–Trinajstić information content (AvgIpc) is 3.26. The van der Waals surface area contributed by atoms with Gasteiger partial charge in [-0.25, -0.2) is 4.68 Å². The molecule has 2 N–H and O–H groups in total. The molecule has 0 saturated heterocycles. The van der Waals surface area contributed by atoms with Crippen molar-refractivity contribution in [3.63, 3.8) is 0 Å². The predicted molar refractivity (Wildman–Crippen MR) is 104 cm³/mol. The molecule has 4 rings (SSSR count). The predicted octanol–water partition coefficient (Wildman–Crippen LogP) is 1.99. The monoisotopic (exact) mass is 381 g/mol. The second kappa shape index (κ2) is 6.99. The van der Waals surface area contributed by atoms with Gasteiger partial charge in [-0.3, -0.25) is 9.48 Å². The lowest BCUT2D eigenvalue weighted by Crippen LogP contribution is -2.46. The molecule has 1 aromatic carbocycles. The molecule has 0 unspecified atom stereocenters. The molecule has 1 aliphatic rings. The van der Waals surface area contributed by atoms with Crippen LogP contribution in [0.25, 0.3) is 0 Å². The summed E-state index contributed by atoms with van der Waals surface area (Å²) in [6.45, 7) is 3.91. The van der Waals surface area contributed by atoms with Crippen molar-refractivity contribution in [2.75, 3.05) is 17.7 Å². The summed E-state index contributed by atoms with van der Waals surface area (Å²) in [6, 6.07) is 6.88. The molecule has 9 heteroatoms. The summed E-state index contributed by atoms with van der Waals surface area (Å²) in [5, 5.41) is 15.1. The topological polar surface area (TPSA) is 98.9 Å². The highest BCUT2D eigenvalue weighted by Gasteiger charge is 2.42. The van der Waals surface area contributed by atoms with E-state index in [4.69, 9.17) is 4.74 Å². The molecule has 1 amide bonds. The van der Waals surface area contributed by atoms with Gasteiger partial charge < -0.3 is 15.4 Å². The number of nitrogens with zero attached hydrogens (tertiary/aromatic N) is 5. The fraction of sp³-hybridized carbons (Fsp3) is 0.368. The van der Waals surface area contributed by atoms with Crippen LogP contribution in [-0.2, 0) is 11.8 Å². The number of aromatic nitrogens is 5. The van der Waals surface area contributed by atoms with Crippen LogP contribution in [-0.4, -0.2) is 43.6 Å². The van der Waals surface area contributed by atoms with E-state index in [0.29, 0.717) is 17.4 Å². The number of ether oxygens (including phenoxy) is 1. The first-order valence-corrected chi connectivity index (χ1v) is 9.09. The Morgan fingerprint density at radius 2 is 2.11 bits per heavy atom. The zero-order chi connectivity index (χ0) is 19.8. The number of hydrogen-bond acceptors (Lipinski definition) is 6. The van der Waals surface area contributed by atoms with Crippen molar-refractivity contribution in [1.82, 2.24) is 24.5 Å². The van der Waals surface area contributed by atoms with E-state index in [2.05, 4.69) is 25.8 Å². The third-order valence-corrected chi connectivity index (χ3v) is 5.11. The number of carbonyl (C=O) groups is 1. The van der Waals surface area contributed by atoms with Gasteiger partial charge in [0.1, 0.15) is 12.1 Å².